The van der Waals surface area contributed by atoms with E-state index in [4.69, 9.17) is 4.74 Å². The summed E-state index contributed by atoms with van der Waals surface area (Å²) in [5, 5.41) is 1.82. The number of Topliss-reactive ketones (excluding diaryl/α,β-unsaturated/α-hetero) is 1. The Hall–Kier alpha value is -1.99. The van der Waals surface area contributed by atoms with Crippen LogP contribution in [0.4, 0.5) is 0 Å². The van der Waals surface area contributed by atoms with Crippen molar-refractivity contribution in [1.29, 1.82) is 0 Å². The highest BCUT2D eigenvalue weighted by Gasteiger charge is 2.24. The molecule has 1 aromatic heterocycles. The van der Waals surface area contributed by atoms with Gasteiger partial charge >= 0.3 is 5.97 Å². The van der Waals surface area contributed by atoms with E-state index in [9.17, 15) is 18.0 Å². The van der Waals surface area contributed by atoms with Gasteiger partial charge in [-0.3, -0.25) is 4.79 Å². The Balaban J connectivity index is 1.64. The van der Waals surface area contributed by atoms with E-state index in [2.05, 4.69) is 6.92 Å². The van der Waals surface area contributed by atoms with Crippen LogP contribution in [0.25, 0.3) is 0 Å². The summed E-state index contributed by atoms with van der Waals surface area (Å²) in [6, 6.07) is 5.61. The Labute approximate surface area is 156 Å². The highest BCUT2D eigenvalue weighted by molar-refractivity contribution is 7.90. The highest BCUT2D eigenvalue weighted by Crippen LogP contribution is 2.33. The molecular weight excluding hydrogens is 372 g/mol. The topological polar surface area (TPSA) is 77.5 Å². The number of sulfone groups is 1. The van der Waals surface area contributed by atoms with Gasteiger partial charge in [0.1, 0.15) is 0 Å². The SMILES string of the molecule is C[C@H]1CCc2c(C(=O)OCC(=O)c3ccc(S(C)(=O)=O)cc3)csc2C1. The first-order valence-electron chi connectivity index (χ1n) is 8.35. The number of ketones is 1. The summed E-state index contributed by atoms with van der Waals surface area (Å²) in [5.41, 5.74) is 1.94. The van der Waals surface area contributed by atoms with E-state index in [0.717, 1.165) is 31.1 Å². The van der Waals surface area contributed by atoms with Crippen molar-refractivity contribution in [2.45, 2.75) is 31.1 Å². The van der Waals surface area contributed by atoms with Crippen LogP contribution >= 0.6 is 11.3 Å². The van der Waals surface area contributed by atoms with E-state index < -0.39 is 15.8 Å². The monoisotopic (exact) mass is 392 g/mol. The molecule has 7 heteroatoms. The number of esters is 1. The van der Waals surface area contributed by atoms with Crippen LogP contribution in [0.1, 0.15) is 44.5 Å². The fourth-order valence-electron chi connectivity index (χ4n) is 3.03. The molecule has 0 radical (unpaired) electrons. The third kappa shape index (κ3) is 4.04. The number of rotatable bonds is 5. The van der Waals surface area contributed by atoms with Crippen molar-refractivity contribution in [3.63, 3.8) is 0 Å². The van der Waals surface area contributed by atoms with Crippen molar-refractivity contribution in [2.24, 2.45) is 5.92 Å². The Morgan fingerprint density at radius 2 is 1.92 bits per heavy atom. The van der Waals surface area contributed by atoms with Gasteiger partial charge < -0.3 is 4.74 Å². The zero-order valence-electron chi connectivity index (χ0n) is 14.7. The van der Waals surface area contributed by atoms with Gasteiger partial charge in [0, 0.05) is 22.1 Å². The maximum atomic E-state index is 12.3. The maximum Gasteiger partial charge on any atom is 0.339 e. The molecule has 26 heavy (non-hydrogen) atoms. The van der Waals surface area contributed by atoms with Crippen LogP contribution < -0.4 is 0 Å². The molecule has 3 rings (SSSR count). The standard InChI is InChI=1S/C19H20O5S2/c1-12-3-8-15-16(11-25-18(15)9-12)19(21)24-10-17(20)13-4-6-14(7-5-13)26(2,22)23/h4-7,11-12H,3,8-10H2,1-2H3/t12-/m0/s1. The first-order chi connectivity index (χ1) is 12.3. The molecule has 0 amide bonds. The molecule has 0 saturated carbocycles. The average Bonchev–Trinajstić information content (AvgIpc) is 3.01. The van der Waals surface area contributed by atoms with Crippen LogP contribution in [0.2, 0.25) is 0 Å². The molecule has 0 aliphatic heterocycles. The number of hydrogen-bond donors (Lipinski definition) is 0. The van der Waals surface area contributed by atoms with E-state index in [1.54, 1.807) is 11.3 Å². The first kappa shape index (κ1) is 18.8. The molecule has 0 spiro atoms. The van der Waals surface area contributed by atoms with Crippen molar-refractivity contribution >= 4 is 32.9 Å². The number of benzene rings is 1. The van der Waals surface area contributed by atoms with Gasteiger partial charge in [0.15, 0.2) is 22.2 Å². The molecule has 5 nitrogen and oxygen atoms in total. The first-order valence-corrected chi connectivity index (χ1v) is 11.1. The molecule has 0 saturated heterocycles. The molecule has 1 heterocycles. The summed E-state index contributed by atoms with van der Waals surface area (Å²) in [6.07, 6.45) is 4.01. The van der Waals surface area contributed by atoms with Crippen LogP contribution in [-0.2, 0) is 27.4 Å². The maximum absolute atomic E-state index is 12.3. The predicted octanol–water partition coefficient (Wildman–Crippen LogP) is 3.32. The van der Waals surface area contributed by atoms with Crippen molar-refractivity contribution in [3.05, 3.63) is 51.2 Å². The second-order valence-corrected chi connectivity index (χ2v) is 9.67. The number of carbonyl (C=O) groups is 2. The summed E-state index contributed by atoms with van der Waals surface area (Å²) in [7, 11) is -3.31. The van der Waals surface area contributed by atoms with E-state index in [0.29, 0.717) is 17.0 Å². The Bertz CT molecular complexity index is 939. The third-order valence-corrected chi connectivity index (χ3v) is 6.74. The minimum absolute atomic E-state index is 0.144. The highest BCUT2D eigenvalue weighted by atomic mass is 32.2. The summed E-state index contributed by atoms with van der Waals surface area (Å²) >= 11 is 1.58. The van der Waals surface area contributed by atoms with Crippen LogP contribution in [0.5, 0.6) is 0 Å². The van der Waals surface area contributed by atoms with Gasteiger partial charge in [0.25, 0.3) is 0 Å². The van der Waals surface area contributed by atoms with Gasteiger partial charge in [-0.1, -0.05) is 6.92 Å². The lowest BCUT2D eigenvalue weighted by molar-refractivity contribution is 0.0474. The van der Waals surface area contributed by atoms with Crippen LogP contribution in [0.15, 0.2) is 34.5 Å². The van der Waals surface area contributed by atoms with Crippen LogP contribution in [0, 0.1) is 5.92 Å². The zero-order valence-corrected chi connectivity index (χ0v) is 16.3. The molecule has 0 bridgehead atoms. The number of hydrogen-bond acceptors (Lipinski definition) is 6. The van der Waals surface area contributed by atoms with E-state index in [1.807, 2.05) is 5.38 Å². The van der Waals surface area contributed by atoms with E-state index >= 15 is 0 Å². The molecule has 2 aromatic rings. The molecular formula is C19H20O5S2. The van der Waals surface area contributed by atoms with E-state index in [-0.39, 0.29) is 17.3 Å². The normalized spacial score (nSPS) is 16.8. The average molecular weight is 392 g/mol. The summed E-state index contributed by atoms with van der Waals surface area (Å²) in [4.78, 5) is 25.9. The zero-order chi connectivity index (χ0) is 18.9. The van der Waals surface area contributed by atoms with Gasteiger partial charge in [-0.2, -0.15) is 0 Å². The van der Waals surface area contributed by atoms with Gasteiger partial charge in [-0.05, 0) is 55.0 Å². The second kappa shape index (κ2) is 7.32. The van der Waals surface area contributed by atoms with E-state index in [1.165, 1.54) is 29.1 Å². The molecule has 1 aliphatic rings. The lowest BCUT2D eigenvalue weighted by Crippen LogP contribution is -2.17. The number of thiophene rings is 1. The van der Waals surface area contributed by atoms with Crippen molar-refractivity contribution in [1.82, 2.24) is 0 Å². The largest absolute Gasteiger partial charge is 0.454 e. The fourth-order valence-corrected chi connectivity index (χ4v) is 4.89. The molecule has 1 aromatic carbocycles. The second-order valence-electron chi connectivity index (χ2n) is 6.69. The fraction of sp³-hybridized carbons (Fsp3) is 0.368. The van der Waals surface area contributed by atoms with Crippen molar-refractivity contribution in [3.8, 4) is 0 Å². The third-order valence-electron chi connectivity index (χ3n) is 4.56. The Morgan fingerprint density at radius 1 is 1.23 bits per heavy atom. The van der Waals surface area contributed by atoms with Crippen LogP contribution in [0.3, 0.4) is 0 Å². The molecule has 0 unspecified atom stereocenters. The lowest BCUT2D eigenvalue weighted by atomic mass is 9.88. The number of fused-ring (bicyclic) bond motifs is 1. The molecule has 1 atom stereocenters. The number of carbonyl (C=O) groups excluding carboxylic acids is 2. The van der Waals surface area contributed by atoms with Gasteiger partial charge in [0.2, 0.25) is 0 Å². The minimum atomic E-state index is -3.31. The molecule has 0 N–H and O–H groups in total. The molecule has 0 fully saturated rings. The van der Waals surface area contributed by atoms with Gasteiger partial charge in [-0.25, -0.2) is 13.2 Å². The van der Waals surface area contributed by atoms with Crippen LogP contribution in [-0.4, -0.2) is 33.0 Å². The summed E-state index contributed by atoms with van der Waals surface area (Å²) in [5.74, 6) is -0.212. The number of ether oxygens (including phenoxy) is 1. The summed E-state index contributed by atoms with van der Waals surface area (Å²) in [6.45, 7) is 1.84. The predicted molar refractivity (Wildman–Crippen MR) is 99.7 cm³/mol. The quantitative estimate of drug-likeness (QED) is 0.576. The van der Waals surface area contributed by atoms with Gasteiger partial charge in [-0.15, -0.1) is 11.3 Å². The van der Waals surface area contributed by atoms with Gasteiger partial charge in [0.05, 0.1) is 10.5 Å². The summed E-state index contributed by atoms with van der Waals surface area (Å²) < 4.78 is 28.1. The lowest BCUT2D eigenvalue weighted by Gasteiger charge is -2.18. The van der Waals surface area contributed by atoms with Crippen molar-refractivity contribution in [2.75, 3.05) is 12.9 Å². The smallest absolute Gasteiger partial charge is 0.339 e. The van der Waals surface area contributed by atoms with Crippen molar-refractivity contribution < 1.29 is 22.7 Å². The molecule has 138 valence electrons. The molecule has 1 aliphatic carbocycles. The minimum Gasteiger partial charge on any atom is -0.454 e. The Morgan fingerprint density at radius 3 is 2.58 bits per heavy atom. The Kier molecular flexibility index (Phi) is 5.29.